The first-order chi connectivity index (χ1) is 8.75. The van der Waals surface area contributed by atoms with Gasteiger partial charge in [-0.05, 0) is 6.92 Å². The minimum absolute atomic E-state index is 0.0221. The van der Waals surface area contributed by atoms with Gasteiger partial charge in [-0.1, -0.05) is 0 Å². The third-order valence-corrected chi connectivity index (χ3v) is 3.11. The summed E-state index contributed by atoms with van der Waals surface area (Å²) in [5, 5.41) is 16.1. The highest BCUT2D eigenvalue weighted by atomic mass is 19.4. The monoisotopic (exact) mass is 279 g/mol. The van der Waals surface area contributed by atoms with Crippen LogP contribution in [-0.2, 0) is 21.2 Å². The van der Waals surface area contributed by atoms with Crippen molar-refractivity contribution in [1.29, 1.82) is 0 Å². The molecule has 0 aliphatic carbocycles. The van der Waals surface area contributed by atoms with Crippen LogP contribution >= 0.6 is 0 Å². The SMILES string of the molecule is CC1CC(C(=O)O)(n2ncc(C(F)(F)F)n2)CCO1. The lowest BCUT2D eigenvalue weighted by molar-refractivity contribution is -0.159. The predicted octanol–water partition coefficient (Wildman–Crippen LogP) is 1.28. The maximum atomic E-state index is 12.5. The predicted molar refractivity (Wildman–Crippen MR) is 55.3 cm³/mol. The number of alkyl halides is 3. The molecule has 0 spiro atoms. The van der Waals surface area contributed by atoms with E-state index in [1.165, 1.54) is 0 Å². The van der Waals surface area contributed by atoms with Gasteiger partial charge in [0.2, 0.25) is 0 Å². The number of ether oxygens (including phenoxy) is 1. The van der Waals surface area contributed by atoms with Gasteiger partial charge in [-0.3, -0.25) is 0 Å². The molecule has 106 valence electrons. The lowest BCUT2D eigenvalue weighted by Gasteiger charge is -2.35. The highest BCUT2D eigenvalue weighted by molar-refractivity contribution is 5.76. The molecule has 0 saturated carbocycles. The summed E-state index contributed by atoms with van der Waals surface area (Å²) in [6, 6.07) is 0. The van der Waals surface area contributed by atoms with E-state index in [2.05, 4.69) is 10.2 Å². The zero-order chi connectivity index (χ0) is 14.3. The van der Waals surface area contributed by atoms with Crippen LogP contribution in [0.15, 0.2) is 6.20 Å². The van der Waals surface area contributed by atoms with Crippen LogP contribution in [0.3, 0.4) is 0 Å². The third kappa shape index (κ3) is 2.42. The van der Waals surface area contributed by atoms with E-state index in [1.807, 2.05) is 0 Å². The Morgan fingerprint density at radius 2 is 2.32 bits per heavy atom. The van der Waals surface area contributed by atoms with Gasteiger partial charge < -0.3 is 9.84 Å². The minimum Gasteiger partial charge on any atom is -0.479 e. The zero-order valence-corrected chi connectivity index (χ0v) is 10.0. The van der Waals surface area contributed by atoms with Gasteiger partial charge in [0.05, 0.1) is 12.3 Å². The van der Waals surface area contributed by atoms with E-state index in [0.717, 1.165) is 0 Å². The van der Waals surface area contributed by atoms with Crippen LogP contribution in [0.2, 0.25) is 0 Å². The van der Waals surface area contributed by atoms with Crippen molar-refractivity contribution in [2.24, 2.45) is 0 Å². The molecule has 9 heteroatoms. The molecule has 1 aromatic heterocycles. The number of halogens is 3. The highest BCUT2D eigenvalue weighted by Gasteiger charge is 2.47. The van der Waals surface area contributed by atoms with E-state index >= 15 is 0 Å². The van der Waals surface area contributed by atoms with Gasteiger partial charge in [-0.25, -0.2) is 4.79 Å². The van der Waals surface area contributed by atoms with Crippen LogP contribution < -0.4 is 0 Å². The average molecular weight is 279 g/mol. The van der Waals surface area contributed by atoms with Crippen LogP contribution in [0.5, 0.6) is 0 Å². The minimum atomic E-state index is -4.64. The average Bonchev–Trinajstić information content (AvgIpc) is 2.77. The van der Waals surface area contributed by atoms with Gasteiger partial charge in [0.1, 0.15) is 0 Å². The molecule has 1 aliphatic rings. The summed E-state index contributed by atoms with van der Waals surface area (Å²) in [5.74, 6) is -1.26. The largest absolute Gasteiger partial charge is 0.479 e. The Hall–Kier alpha value is -1.64. The molecule has 1 aliphatic heterocycles. The summed E-state index contributed by atoms with van der Waals surface area (Å²) in [6.07, 6.45) is -4.45. The van der Waals surface area contributed by atoms with Crippen molar-refractivity contribution in [2.45, 2.75) is 37.6 Å². The number of rotatable bonds is 2. The molecule has 0 radical (unpaired) electrons. The lowest BCUT2D eigenvalue weighted by Crippen LogP contribution is -2.50. The molecule has 2 atom stereocenters. The second-order valence-electron chi connectivity index (χ2n) is 4.49. The normalized spacial score (nSPS) is 28.3. The van der Waals surface area contributed by atoms with Gasteiger partial charge in [0.15, 0.2) is 11.2 Å². The summed E-state index contributed by atoms with van der Waals surface area (Å²) < 4.78 is 42.7. The molecule has 2 heterocycles. The molecular formula is C10H12F3N3O3. The van der Waals surface area contributed by atoms with Crippen LogP contribution in [-0.4, -0.2) is 38.8 Å². The van der Waals surface area contributed by atoms with E-state index in [0.29, 0.717) is 11.0 Å². The van der Waals surface area contributed by atoms with Gasteiger partial charge in [0, 0.05) is 19.4 Å². The number of hydrogen-bond acceptors (Lipinski definition) is 4. The van der Waals surface area contributed by atoms with Crippen LogP contribution in [0, 0.1) is 0 Å². The molecule has 2 rings (SSSR count). The Morgan fingerprint density at radius 1 is 1.63 bits per heavy atom. The maximum Gasteiger partial charge on any atom is 0.436 e. The number of carboxylic acid groups (broad SMARTS) is 1. The fourth-order valence-electron chi connectivity index (χ4n) is 2.13. The summed E-state index contributed by atoms with van der Waals surface area (Å²) in [7, 11) is 0. The Kier molecular flexibility index (Phi) is 3.25. The van der Waals surface area contributed by atoms with Crippen molar-refractivity contribution >= 4 is 5.97 Å². The Bertz CT molecular complexity index is 488. The summed E-state index contributed by atoms with van der Waals surface area (Å²) >= 11 is 0. The standard InChI is InChI=1S/C10H12F3N3O3/c1-6-4-9(8(17)18,2-3-19-6)16-14-5-7(15-16)10(11,12)13/h5-6H,2-4H2,1H3,(H,17,18). The molecular weight excluding hydrogens is 267 g/mol. The van der Waals surface area contributed by atoms with Crippen molar-refractivity contribution in [3.05, 3.63) is 11.9 Å². The molecule has 0 bridgehead atoms. The van der Waals surface area contributed by atoms with E-state index in [4.69, 9.17) is 4.74 Å². The van der Waals surface area contributed by atoms with Gasteiger partial charge >= 0.3 is 12.1 Å². The summed E-state index contributed by atoms with van der Waals surface area (Å²) in [4.78, 5) is 12.1. The number of hydrogen-bond donors (Lipinski definition) is 1. The first kappa shape index (κ1) is 13.8. The topological polar surface area (TPSA) is 77.2 Å². The van der Waals surface area contributed by atoms with Gasteiger partial charge in [-0.15, -0.1) is 5.10 Å². The quantitative estimate of drug-likeness (QED) is 0.882. The van der Waals surface area contributed by atoms with Crippen LogP contribution in [0.1, 0.15) is 25.5 Å². The first-order valence-corrected chi connectivity index (χ1v) is 5.61. The molecule has 0 amide bonds. The zero-order valence-electron chi connectivity index (χ0n) is 10.0. The second-order valence-corrected chi connectivity index (χ2v) is 4.49. The smallest absolute Gasteiger partial charge is 0.436 e. The molecule has 2 unspecified atom stereocenters. The molecule has 1 saturated heterocycles. The van der Waals surface area contributed by atoms with Gasteiger partial charge in [-0.2, -0.15) is 23.1 Å². The number of aromatic nitrogens is 3. The number of nitrogens with zero attached hydrogens (tertiary/aromatic N) is 3. The molecule has 1 N–H and O–H groups in total. The third-order valence-electron chi connectivity index (χ3n) is 3.11. The van der Waals surface area contributed by atoms with Gasteiger partial charge in [0.25, 0.3) is 0 Å². The Balaban J connectivity index is 2.40. The highest BCUT2D eigenvalue weighted by Crippen LogP contribution is 2.33. The van der Waals surface area contributed by atoms with Crippen LogP contribution in [0.4, 0.5) is 13.2 Å². The van der Waals surface area contributed by atoms with Crippen molar-refractivity contribution in [3.63, 3.8) is 0 Å². The lowest BCUT2D eigenvalue weighted by atomic mass is 9.88. The number of aliphatic carboxylic acids is 1. The molecule has 0 aromatic carbocycles. The van der Waals surface area contributed by atoms with E-state index in [9.17, 15) is 23.1 Å². The van der Waals surface area contributed by atoms with E-state index in [-0.39, 0.29) is 25.6 Å². The second kappa shape index (κ2) is 4.48. The van der Waals surface area contributed by atoms with Crippen molar-refractivity contribution in [2.75, 3.05) is 6.61 Å². The molecule has 6 nitrogen and oxygen atoms in total. The molecule has 1 fully saturated rings. The van der Waals surface area contributed by atoms with Crippen molar-refractivity contribution in [3.8, 4) is 0 Å². The maximum absolute atomic E-state index is 12.5. The first-order valence-electron chi connectivity index (χ1n) is 5.61. The van der Waals surface area contributed by atoms with Crippen LogP contribution in [0.25, 0.3) is 0 Å². The number of carboxylic acids is 1. The van der Waals surface area contributed by atoms with E-state index in [1.54, 1.807) is 6.92 Å². The number of carbonyl (C=O) groups is 1. The van der Waals surface area contributed by atoms with Crippen molar-refractivity contribution < 1.29 is 27.8 Å². The Morgan fingerprint density at radius 3 is 2.79 bits per heavy atom. The Labute approximate surface area is 106 Å². The molecule has 1 aromatic rings. The van der Waals surface area contributed by atoms with E-state index < -0.39 is 23.4 Å². The summed E-state index contributed by atoms with van der Waals surface area (Å²) in [6.45, 7) is 1.79. The van der Waals surface area contributed by atoms with Crippen molar-refractivity contribution in [1.82, 2.24) is 15.0 Å². The fourth-order valence-corrected chi connectivity index (χ4v) is 2.13. The fraction of sp³-hybridized carbons (Fsp3) is 0.700. The molecule has 19 heavy (non-hydrogen) atoms. The summed E-state index contributed by atoms with van der Waals surface area (Å²) in [5.41, 5.74) is -2.78.